The Labute approximate surface area is 98.5 Å². The lowest BCUT2D eigenvalue weighted by Gasteiger charge is -2.08. The molecule has 1 aromatic carbocycles. The lowest BCUT2D eigenvalue weighted by Crippen LogP contribution is -2.00. The Morgan fingerprint density at radius 3 is 1.80 bits per heavy atom. The quantitative estimate of drug-likeness (QED) is 0.790. The molecule has 0 aromatic heterocycles. The van der Waals surface area contributed by atoms with Gasteiger partial charge in [0.1, 0.15) is 30.5 Å². The largest absolute Gasteiger partial charge is 0.508 e. The Kier molecular flexibility index (Phi) is 5.43. The summed E-state index contributed by atoms with van der Waals surface area (Å²) in [5, 5.41) is 9.37. The van der Waals surface area contributed by atoms with Crippen molar-refractivity contribution >= 4 is 23.2 Å². The molecule has 0 saturated carbocycles. The van der Waals surface area contributed by atoms with Crippen molar-refractivity contribution in [1.82, 2.24) is 0 Å². The number of benzene rings is 1. The van der Waals surface area contributed by atoms with Gasteiger partial charge in [0, 0.05) is 18.2 Å². The average molecular weight is 251 g/mol. The number of phenolic OH excluding ortho intramolecular Hbond substituents is 1. The van der Waals surface area contributed by atoms with Gasteiger partial charge in [-0.2, -0.15) is 0 Å². The highest BCUT2D eigenvalue weighted by Gasteiger charge is 2.02. The van der Waals surface area contributed by atoms with E-state index in [4.69, 9.17) is 32.7 Å². The predicted octanol–water partition coefficient (Wildman–Crippen LogP) is 2.63. The Morgan fingerprint density at radius 2 is 1.40 bits per heavy atom. The third kappa shape index (κ3) is 4.49. The number of rotatable bonds is 6. The van der Waals surface area contributed by atoms with Gasteiger partial charge in [-0.15, -0.1) is 23.2 Å². The molecule has 0 bridgehead atoms. The van der Waals surface area contributed by atoms with E-state index in [2.05, 4.69) is 0 Å². The van der Waals surface area contributed by atoms with Crippen molar-refractivity contribution in [2.45, 2.75) is 0 Å². The molecule has 0 radical (unpaired) electrons. The summed E-state index contributed by atoms with van der Waals surface area (Å²) < 4.78 is 10.5. The summed E-state index contributed by atoms with van der Waals surface area (Å²) in [6.45, 7) is 0.778. The summed E-state index contributed by atoms with van der Waals surface area (Å²) in [5.74, 6) is 1.94. The van der Waals surface area contributed by atoms with Crippen LogP contribution in [0.5, 0.6) is 17.2 Å². The van der Waals surface area contributed by atoms with E-state index in [1.165, 1.54) is 12.1 Å². The molecule has 0 spiro atoms. The maximum atomic E-state index is 9.37. The normalized spacial score (nSPS) is 10.0. The molecule has 0 aliphatic heterocycles. The predicted molar refractivity (Wildman–Crippen MR) is 60.5 cm³/mol. The molecule has 0 aliphatic carbocycles. The summed E-state index contributed by atoms with van der Waals surface area (Å²) >= 11 is 11.0. The van der Waals surface area contributed by atoms with E-state index < -0.39 is 0 Å². The molecule has 1 N–H and O–H groups in total. The number of hydrogen-bond donors (Lipinski definition) is 1. The van der Waals surface area contributed by atoms with Gasteiger partial charge in [-0.05, 0) is 0 Å². The molecule has 0 amide bonds. The molecule has 0 fully saturated rings. The van der Waals surface area contributed by atoms with Crippen molar-refractivity contribution in [2.24, 2.45) is 0 Å². The van der Waals surface area contributed by atoms with Crippen LogP contribution < -0.4 is 9.47 Å². The zero-order valence-electron chi connectivity index (χ0n) is 8.08. The van der Waals surface area contributed by atoms with Crippen molar-refractivity contribution < 1.29 is 14.6 Å². The first-order valence-electron chi connectivity index (χ1n) is 4.48. The molecule has 3 nitrogen and oxygen atoms in total. The van der Waals surface area contributed by atoms with Gasteiger partial charge >= 0.3 is 0 Å². The van der Waals surface area contributed by atoms with E-state index in [0.717, 1.165) is 0 Å². The van der Waals surface area contributed by atoms with E-state index in [9.17, 15) is 5.11 Å². The van der Waals surface area contributed by atoms with Crippen LogP contribution in [0.3, 0.4) is 0 Å². The molecule has 0 unspecified atom stereocenters. The summed E-state index contributed by atoms with van der Waals surface area (Å²) in [7, 11) is 0. The highest BCUT2D eigenvalue weighted by molar-refractivity contribution is 6.18. The van der Waals surface area contributed by atoms with E-state index in [0.29, 0.717) is 36.5 Å². The topological polar surface area (TPSA) is 38.7 Å². The van der Waals surface area contributed by atoms with Gasteiger partial charge in [-0.3, -0.25) is 0 Å². The highest BCUT2D eigenvalue weighted by atomic mass is 35.5. The molecular weight excluding hydrogens is 239 g/mol. The molecule has 5 heteroatoms. The minimum absolute atomic E-state index is 0.0895. The molecular formula is C10H12Cl2O3. The minimum atomic E-state index is 0.0895. The summed E-state index contributed by atoms with van der Waals surface area (Å²) in [5.41, 5.74) is 0. The Morgan fingerprint density at radius 1 is 0.933 bits per heavy atom. The first-order valence-corrected chi connectivity index (χ1v) is 5.54. The van der Waals surface area contributed by atoms with E-state index >= 15 is 0 Å². The van der Waals surface area contributed by atoms with Crippen molar-refractivity contribution in [3.05, 3.63) is 18.2 Å². The van der Waals surface area contributed by atoms with E-state index in [1.54, 1.807) is 6.07 Å². The number of alkyl halides is 2. The van der Waals surface area contributed by atoms with Gasteiger partial charge < -0.3 is 14.6 Å². The van der Waals surface area contributed by atoms with Crippen LogP contribution in [0.1, 0.15) is 0 Å². The number of ether oxygens (including phenoxy) is 2. The van der Waals surface area contributed by atoms with Gasteiger partial charge in [0.05, 0.1) is 11.8 Å². The fourth-order valence-electron chi connectivity index (χ4n) is 1.04. The van der Waals surface area contributed by atoms with E-state index in [-0.39, 0.29) is 5.75 Å². The Bertz CT molecular complexity index is 278. The van der Waals surface area contributed by atoms with E-state index in [1.807, 2.05) is 0 Å². The second-order valence-electron chi connectivity index (χ2n) is 2.74. The van der Waals surface area contributed by atoms with Gasteiger partial charge in [0.2, 0.25) is 0 Å². The standard InChI is InChI=1S/C10H12Cl2O3/c11-1-3-14-9-5-8(13)6-10(7-9)15-4-2-12/h5-7,13H,1-4H2. The summed E-state index contributed by atoms with van der Waals surface area (Å²) in [6, 6.07) is 4.68. The highest BCUT2D eigenvalue weighted by Crippen LogP contribution is 2.26. The average Bonchev–Trinajstić information content (AvgIpc) is 2.23. The lowest BCUT2D eigenvalue weighted by atomic mass is 10.3. The van der Waals surface area contributed by atoms with Crippen LogP contribution in [0.4, 0.5) is 0 Å². The van der Waals surface area contributed by atoms with Gasteiger partial charge in [0.15, 0.2) is 0 Å². The van der Waals surface area contributed by atoms with Crippen LogP contribution >= 0.6 is 23.2 Å². The third-order valence-corrected chi connectivity index (χ3v) is 1.87. The van der Waals surface area contributed by atoms with Crippen LogP contribution in [0.2, 0.25) is 0 Å². The number of phenols is 1. The van der Waals surface area contributed by atoms with Crippen molar-refractivity contribution in [2.75, 3.05) is 25.0 Å². The third-order valence-electron chi connectivity index (χ3n) is 1.56. The Hall–Kier alpha value is -0.800. The maximum absolute atomic E-state index is 9.37. The molecule has 0 heterocycles. The first kappa shape index (κ1) is 12.3. The summed E-state index contributed by atoms with van der Waals surface area (Å²) in [4.78, 5) is 0. The SMILES string of the molecule is Oc1cc(OCCCl)cc(OCCCl)c1. The smallest absolute Gasteiger partial charge is 0.126 e. The minimum Gasteiger partial charge on any atom is -0.508 e. The van der Waals surface area contributed by atoms with Gasteiger partial charge in [-0.1, -0.05) is 0 Å². The van der Waals surface area contributed by atoms with Crippen molar-refractivity contribution in [3.63, 3.8) is 0 Å². The molecule has 0 atom stereocenters. The molecule has 0 saturated heterocycles. The van der Waals surface area contributed by atoms with Crippen LogP contribution in [-0.4, -0.2) is 30.1 Å². The fraction of sp³-hybridized carbons (Fsp3) is 0.400. The van der Waals surface area contributed by atoms with Crippen LogP contribution in [0.15, 0.2) is 18.2 Å². The maximum Gasteiger partial charge on any atom is 0.126 e. The first-order chi connectivity index (χ1) is 7.26. The molecule has 15 heavy (non-hydrogen) atoms. The van der Waals surface area contributed by atoms with Crippen LogP contribution in [0.25, 0.3) is 0 Å². The monoisotopic (exact) mass is 250 g/mol. The lowest BCUT2D eigenvalue weighted by molar-refractivity contribution is 0.321. The molecule has 0 aliphatic rings. The Balaban J connectivity index is 2.66. The second kappa shape index (κ2) is 6.64. The number of hydrogen-bond acceptors (Lipinski definition) is 3. The van der Waals surface area contributed by atoms with Gasteiger partial charge in [-0.25, -0.2) is 0 Å². The molecule has 84 valence electrons. The molecule has 1 aromatic rings. The zero-order valence-corrected chi connectivity index (χ0v) is 9.59. The summed E-state index contributed by atoms with van der Waals surface area (Å²) in [6.07, 6.45) is 0. The van der Waals surface area contributed by atoms with Crippen LogP contribution in [0, 0.1) is 0 Å². The number of aromatic hydroxyl groups is 1. The number of halogens is 2. The fourth-order valence-corrected chi connectivity index (χ4v) is 1.19. The second-order valence-corrected chi connectivity index (χ2v) is 3.49. The molecule has 1 rings (SSSR count). The van der Waals surface area contributed by atoms with Crippen molar-refractivity contribution in [1.29, 1.82) is 0 Å². The van der Waals surface area contributed by atoms with Crippen molar-refractivity contribution in [3.8, 4) is 17.2 Å². The van der Waals surface area contributed by atoms with Gasteiger partial charge in [0.25, 0.3) is 0 Å². The van der Waals surface area contributed by atoms with Crippen LogP contribution in [-0.2, 0) is 0 Å². The zero-order chi connectivity index (χ0) is 11.1.